The number of hydrogen-bond donors (Lipinski definition) is 3. The van der Waals surface area contributed by atoms with Crippen molar-refractivity contribution in [3.05, 3.63) is 0 Å². The van der Waals surface area contributed by atoms with Crippen molar-refractivity contribution in [1.82, 2.24) is 0 Å². The van der Waals surface area contributed by atoms with Crippen molar-refractivity contribution in [3.8, 4) is 0 Å². The minimum Gasteiger partial charge on any atom is -0.481 e. The molecule has 0 unspecified atom stereocenters. The Labute approximate surface area is 85.2 Å². The van der Waals surface area contributed by atoms with Crippen LogP contribution < -0.4 is 11.5 Å². The Morgan fingerprint density at radius 2 is 1.79 bits per heavy atom. The highest BCUT2D eigenvalue weighted by molar-refractivity contribution is 5.75. The average molecular weight is 203 g/mol. The van der Waals surface area contributed by atoms with E-state index >= 15 is 0 Å². The molecule has 0 atom stereocenters. The van der Waals surface area contributed by atoms with Gasteiger partial charge in [0, 0.05) is 13.5 Å². The number of nitrogens with zero attached hydrogens (tertiary/aromatic N) is 1. The van der Waals surface area contributed by atoms with E-state index in [4.69, 9.17) is 21.4 Å². The van der Waals surface area contributed by atoms with E-state index in [1.165, 1.54) is 19.3 Å². The molecule has 0 heterocycles. The fraction of sp³-hybridized carbons (Fsp3) is 0.778. The van der Waals surface area contributed by atoms with Crippen molar-refractivity contribution in [2.45, 2.75) is 39.5 Å². The van der Waals surface area contributed by atoms with E-state index in [1.54, 1.807) is 0 Å². The van der Waals surface area contributed by atoms with Gasteiger partial charge in [-0.3, -0.25) is 9.79 Å². The molecule has 0 rings (SSSR count). The van der Waals surface area contributed by atoms with Gasteiger partial charge in [-0.05, 0) is 6.42 Å². The third kappa shape index (κ3) is 30.9. The van der Waals surface area contributed by atoms with Gasteiger partial charge in [0.25, 0.3) is 5.97 Å². The van der Waals surface area contributed by atoms with Gasteiger partial charge in [-0.25, -0.2) is 0 Å². The van der Waals surface area contributed by atoms with E-state index in [0.717, 1.165) is 19.9 Å². The van der Waals surface area contributed by atoms with Gasteiger partial charge < -0.3 is 16.6 Å². The normalized spacial score (nSPS) is 8.43. The summed E-state index contributed by atoms with van der Waals surface area (Å²) in [7, 11) is 0. The molecule has 14 heavy (non-hydrogen) atoms. The van der Waals surface area contributed by atoms with Crippen molar-refractivity contribution >= 4 is 11.9 Å². The van der Waals surface area contributed by atoms with E-state index in [2.05, 4.69) is 11.9 Å². The SMILES string of the molecule is CC(=O)O.CCCCCCN=C(N)N. The Kier molecular flexibility index (Phi) is 12.8. The van der Waals surface area contributed by atoms with Gasteiger partial charge in [0.1, 0.15) is 0 Å². The molecule has 0 bridgehead atoms. The Bertz CT molecular complexity index is 161. The fourth-order valence-corrected chi connectivity index (χ4v) is 0.747. The number of aliphatic carboxylic acids is 1. The minimum atomic E-state index is -0.833. The number of carboxylic acids is 1. The molecule has 0 radical (unpaired) electrons. The first-order valence-electron chi connectivity index (χ1n) is 4.75. The second kappa shape index (κ2) is 11.7. The molecule has 5 heteroatoms. The highest BCUT2D eigenvalue weighted by Gasteiger charge is 1.85. The molecular formula is C9H21N3O2. The number of carbonyl (C=O) groups is 1. The number of nitrogens with two attached hydrogens (primary N) is 2. The Balaban J connectivity index is 0. The molecule has 0 fully saturated rings. The fourth-order valence-electron chi connectivity index (χ4n) is 0.747. The summed E-state index contributed by atoms with van der Waals surface area (Å²) < 4.78 is 0. The van der Waals surface area contributed by atoms with Crippen molar-refractivity contribution in [1.29, 1.82) is 0 Å². The van der Waals surface area contributed by atoms with E-state index in [0.29, 0.717) is 0 Å². The van der Waals surface area contributed by atoms with Crippen molar-refractivity contribution in [2.75, 3.05) is 6.54 Å². The van der Waals surface area contributed by atoms with Crippen molar-refractivity contribution < 1.29 is 9.90 Å². The number of aliphatic imine (C=N–C) groups is 1. The lowest BCUT2D eigenvalue weighted by Crippen LogP contribution is -2.22. The monoisotopic (exact) mass is 203 g/mol. The summed E-state index contributed by atoms with van der Waals surface area (Å²) in [6, 6.07) is 0. The summed E-state index contributed by atoms with van der Waals surface area (Å²) in [6.45, 7) is 4.04. The van der Waals surface area contributed by atoms with Crippen LogP contribution in [0.2, 0.25) is 0 Å². The molecule has 0 aromatic heterocycles. The molecule has 0 aromatic rings. The number of unbranched alkanes of at least 4 members (excludes halogenated alkanes) is 3. The second-order valence-corrected chi connectivity index (χ2v) is 2.89. The van der Waals surface area contributed by atoms with Crippen LogP contribution in [0.3, 0.4) is 0 Å². The molecular weight excluding hydrogens is 182 g/mol. The second-order valence-electron chi connectivity index (χ2n) is 2.89. The summed E-state index contributed by atoms with van der Waals surface area (Å²) >= 11 is 0. The zero-order valence-electron chi connectivity index (χ0n) is 8.99. The van der Waals surface area contributed by atoms with Crippen molar-refractivity contribution in [3.63, 3.8) is 0 Å². The molecule has 0 aliphatic heterocycles. The number of hydrogen-bond acceptors (Lipinski definition) is 2. The first kappa shape index (κ1) is 15.2. The van der Waals surface area contributed by atoms with Crippen LogP contribution >= 0.6 is 0 Å². The van der Waals surface area contributed by atoms with Crippen LogP contribution in [0.25, 0.3) is 0 Å². The van der Waals surface area contributed by atoms with Crippen LogP contribution in [0.5, 0.6) is 0 Å². The van der Waals surface area contributed by atoms with Gasteiger partial charge in [0.15, 0.2) is 5.96 Å². The largest absolute Gasteiger partial charge is 0.481 e. The molecule has 0 spiro atoms. The van der Waals surface area contributed by atoms with Gasteiger partial charge >= 0.3 is 0 Å². The van der Waals surface area contributed by atoms with Gasteiger partial charge in [-0.2, -0.15) is 0 Å². The predicted molar refractivity (Wildman–Crippen MR) is 58.1 cm³/mol. The smallest absolute Gasteiger partial charge is 0.300 e. The number of carboxylic acid groups (broad SMARTS) is 1. The average Bonchev–Trinajstić information content (AvgIpc) is 2.02. The Morgan fingerprint density at radius 3 is 2.14 bits per heavy atom. The maximum absolute atomic E-state index is 9.00. The van der Waals surface area contributed by atoms with E-state index in [-0.39, 0.29) is 5.96 Å². The van der Waals surface area contributed by atoms with E-state index in [9.17, 15) is 0 Å². The Hall–Kier alpha value is -1.26. The summed E-state index contributed by atoms with van der Waals surface area (Å²) in [5.41, 5.74) is 10.3. The molecule has 84 valence electrons. The topological polar surface area (TPSA) is 102 Å². The van der Waals surface area contributed by atoms with Crippen LogP contribution in [-0.4, -0.2) is 23.6 Å². The summed E-state index contributed by atoms with van der Waals surface area (Å²) in [4.78, 5) is 12.9. The molecule has 5 nitrogen and oxygen atoms in total. The molecule has 5 N–H and O–H groups in total. The van der Waals surface area contributed by atoms with Crippen LogP contribution in [-0.2, 0) is 4.79 Å². The maximum Gasteiger partial charge on any atom is 0.300 e. The molecule has 0 saturated heterocycles. The molecule has 0 aromatic carbocycles. The van der Waals surface area contributed by atoms with Crippen LogP contribution in [0.15, 0.2) is 4.99 Å². The van der Waals surface area contributed by atoms with Crippen LogP contribution in [0, 0.1) is 0 Å². The van der Waals surface area contributed by atoms with Gasteiger partial charge in [0.2, 0.25) is 0 Å². The van der Waals surface area contributed by atoms with Crippen LogP contribution in [0.4, 0.5) is 0 Å². The molecule has 0 amide bonds. The molecule has 0 aliphatic rings. The Morgan fingerprint density at radius 1 is 1.29 bits per heavy atom. The van der Waals surface area contributed by atoms with Gasteiger partial charge in [0.05, 0.1) is 0 Å². The first-order chi connectivity index (χ1) is 6.50. The summed E-state index contributed by atoms with van der Waals surface area (Å²) in [5, 5.41) is 7.42. The van der Waals surface area contributed by atoms with Gasteiger partial charge in [-0.1, -0.05) is 26.2 Å². The molecule has 0 aliphatic carbocycles. The predicted octanol–water partition coefficient (Wildman–Crippen LogP) is 0.931. The van der Waals surface area contributed by atoms with E-state index in [1.807, 2.05) is 0 Å². The van der Waals surface area contributed by atoms with E-state index < -0.39 is 5.97 Å². The van der Waals surface area contributed by atoms with Gasteiger partial charge in [-0.15, -0.1) is 0 Å². The number of guanidine groups is 1. The zero-order valence-corrected chi connectivity index (χ0v) is 8.99. The highest BCUT2D eigenvalue weighted by atomic mass is 16.4. The lowest BCUT2D eigenvalue weighted by atomic mass is 10.2. The molecule has 0 saturated carbocycles. The summed E-state index contributed by atoms with van der Waals surface area (Å²) in [5.74, 6) is -0.628. The third-order valence-corrected chi connectivity index (χ3v) is 1.31. The minimum absolute atomic E-state index is 0.205. The third-order valence-electron chi connectivity index (χ3n) is 1.31. The zero-order chi connectivity index (χ0) is 11.4. The van der Waals surface area contributed by atoms with Crippen LogP contribution in [0.1, 0.15) is 39.5 Å². The number of rotatable bonds is 5. The summed E-state index contributed by atoms with van der Waals surface area (Å²) in [6.07, 6.45) is 4.86. The lowest BCUT2D eigenvalue weighted by molar-refractivity contribution is -0.134. The highest BCUT2D eigenvalue weighted by Crippen LogP contribution is 1.97. The quantitative estimate of drug-likeness (QED) is 0.351. The first-order valence-corrected chi connectivity index (χ1v) is 4.75. The lowest BCUT2D eigenvalue weighted by Gasteiger charge is -1.94. The standard InChI is InChI=1S/C7H17N3.C2H4O2/c1-2-3-4-5-6-10-7(8)9;1-2(3)4/h2-6H2,1H3,(H4,8,9,10);1H3,(H,3,4). The van der Waals surface area contributed by atoms with Crippen molar-refractivity contribution in [2.24, 2.45) is 16.5 Å². The maximum atomic E-state index is 9.00.